The average molecular weight is 201 g/mol. The van der Waals surface area contributed by atoms with Crippen molar-refractivity contribution in [1.82, 2.24) is 24.7 Å². The quantitative estimate of drug-likeness (QED) is 0.694. The van der Waals surface area contributed by atoms with Crippen LogP contribution in [0.2, 0.25) is 0 Å². The van der Waals surface area contributed by atoms with Crippen molar-refractivity contribution in [2.24, 2.45) is 5.73 Å². The van der Waals surface area contributed by atoms with Crippen LogP contribution in [-0.4, -0.2) is 24.7 Å². The molecular formula is C8H7N7. The summed E-state index contributed by atoms with van der Waals surface area (Å²) < 4.78 is 1.38. The molecule has 0 amide bonds. The Morgan fingerprint density at radius 3 is 2.80 bits per heavy atom. The van der Waals surface area contributed by atoms with E-state index in [2.05, 4.69) is 20.1 Å². The average Bonchev–Trinajstić information content (AvgIpc) is 2.77. The second kappa shape index (κ2) is 3.81. The van der Waals surface area contributed by atoms with Crippen LogP contribution in [0, 0.1) is 11.3 Å². The summed E-state index contributed by atoms with van der Waals surface area (Å²) >= 11 is 0. The number of hydrogen-bond donors (Lipinski definition) is 1. The maximum absolute atomic E-state index is 8.58. The zero-order valence-electron chi connectivity index (χ0n) is 7.70. The number of rotatable bonds is 2. The van der Waals surface area contributed by atoms with Crippen molar-refractivity contribution < 1.29 is 0 Å². The van der Waals surface area contributed by atoms with Gasteiger partial charge in [0.05, 0.1) is 5.69 Å². The van der Waals surface area contributed by atoms with Gasteiger partial charge in [-0.15, -0.1) is 5.10 Å². The van der Waals surface area contributed by atoms with Crippen molar-refractivity contribution in [2.45, 2.75) is 6.54 Å². The standard InChI is InChI=1S/C8H7N7/c9-3-6-8(12-2-1-11-6)15-5-13-7(4-10)14-15/h1-2,5H,3,9H2. The molecule has 0 saturated carbocycles. The Bertz CT molecular complexity index is 510. The van der Waals surface area contributed by atoms with E-state index in [-0.39, 0.29) is 12.4 Å². The molecule has 0 bridgehead atoms. The van der Waals surface area contributed by atoms with Gasteiger partial charge in [-0.05, 0) is 0 Å². The maximum atomic E-state index is 8.58. The van der Waals surface area contributed by atoms with E-state index in [4.69, 9.17) is 11.0 Å². The Hall–Kier alpha value is -2.33. The summed E-state index contributed by atoms with van der Waals surface area (Å²) in [5.41, 5.74) is 6.10. The van der Waals surface area contributed by atoms with E-state index in [0.29, 0.717) is 11.5 Å². The van der Waals surface area contributed by atoms with Crippen molar-refractivity contribution in [3.8, 4) is 11.9 Å². The minimum atomic E-state index is 0.0867. The highest BCUT2D eigenvalue weighted by molar-refractivity contribution is 5.26. The maximum Gasteiger partial charge on any atom is 0.252 e. The van der Waals surface area contributed by atoms with E-state index < -0.39 is 0 Å². The van der Waals surface area contributed by atoms with Gasteiger partial charge in [-0.25, -0.2) is 9.97 Å². The molecule has 0 aliphatic heterocycles. The fourth-order valence-corrected chi connectivity index (χ4v) is 1.11. The summed E-state index contributed by atoms with van der Waals surface area (Å²) in [5.74, 6) is 0.581. The summed E-state index contributed by atoms with van der Waals surface area (Å²) in [6.07, 6.45) is 4.48. The highest BCUT2D eigenvalue weighted by atomic mass is 15.4. The third kappa shape index (κ3) is 1.66. The fraction of sp³-hybridized carbons (Fsp3) is 0.125. The third-order valence-corrected chi connectivity index (χ3v) is 1.75. The SMILES string of the molecule is N#Cc1ncn(-c2nccnc2CN)n1. The number of nitrogens with zero attached hydrogens (tertiary/aromatic N) is 6. The predicted octanol–water partition coefficient (Wildman–Crippen LogP) is -0.612. The lowest BCUT2D eigenvalue weighted by Gasteiger charge is -2.02. The fourth-order valence-electron chi connectivity index (χ4n) is 1.11. The predicted molar refractivity (Wildman–Crippen MR) is 49.6 cm³/mol. The first-order chi connectivity index (χ1) is 7.35. The molecule has 2 aromatic heterocycles. The monoisotopic (exact) mass is 201 g/mol. The van der Waals surface area contributed by atoms with Gasteiger partial charge in [-0.3, -0.25) is 4.98 Å². The van der Waals surface area contributed by atoms with Gasteiger partial charge < -0.3 is 5.73 Å². The van der Waals surface area contributed by atoms with Crippen LogP contribution in [0.15, 0.2) is 18.7 Å². The first-order valence-corrected chi connectivity index (χ1v) is 4.17. The van der Waals surface area contributed by atoms with Crippen molar-refractivity contribution in [3.63, 3.8) is 0 Å². The summed E-state index contributed by atoms with van der Waals surface area (Å²) in [6.45, 7) is 0.255. The van der Waals surface area contributed by atoms with E-state index in [1.54, 1.807) is 6.20 Å². The van der Waals surface area contributed by atoms with Crippen molar-refractivity contribution in [3.05, 3.63) is 30.2 Å². The lowest BCUT2D eigenvalue weighted by Crippen LogP contribution is -2.09. The first kappa shape index (κ1) is 9.23. The molecule has 74 valence electrons. The van der Waals surface area contributed by atoms with Crippen LogP contribution in [0.5, 0.6) is 0 Å². The lowest BCUT2D eigenvalue weighted by atomic mass is 10.4. The van der Waals surface area contributed by atoms with Gasteiger partial charge >= 0.3 is 0 Å². The molecule has 0 aliphatic rings. The van der Waals surface area contributed by atoms with Crippen molar-refractivity contribution >= 4 is 0 Å². The van der Waals surface area contributed by atoms with Crippen LogP contribution in [0.25, 0.3) is 5.82 Å². The first-order valence-electron chi connectivity index (χ1n) is 4.17. The molecule has 7 heteroatoms. The Morgan fingerprint density at radius 1 is 1.33 bits per heavy atom. The Labute approximate surface area is 85.2 Å². The Morgan fingerprint density at radius 2 is 2.13 bits per heavy atom. The van der Waals surface area contributed by atoms with Gasteiger partial charge in [0, 0.05) is 18.9 Å². The zero-order valence-corrected chi connectivity index (χ0v) is 7.70. The highest BCUT2D eigenvalue weighted by Crippen LogP contribution is 2.05. The van der Waals surface area contributed by atoms with E-state index in [9.17, 15) is 0 Å². The summed E-state index contributed by atoms with van der Waals surface area (Å²) in [7, 11) is 0. The van der Waals surface area contributed by atoms with Crippen molar-refractivity contribution in [2.75, 3.05) is 0 Å². The normalized spacial score (nSPS) is 9.87. The van der Waals surface area contributed by atoms with E-state index >= 15 is 0 Å². The van der Waals surface area contributed by atoms with E-state index in [1.165, 1.54) is 17.2 Å². The van der Waals surface area contributed by atoms with Crippen LogP contribution in [0.3, 0.4) is 0 Å². The molecule has 0 atom stereocenters. The van der Waals surface area contributed by atoms with Gasteiger partial charge in [0.25, 0.3) is 5.82 Å². The minimum Gasteiger partial charge on any atom is -0.325 e. The molecule has 2 aromatic rings. The largest absolute Gasteiger partial charge is 0.325 e. The summed E-state index contributed by atoms with van der Waals surface area (Å²) in [6, 6.07) is 1.83. The summed E-state index contributed by atoms with van der Waals surface area (Å²) in [4.78, 5) is 11.9. The van der Waals surface area contributed by atoms with Crippen LogP contribution < -0.4 is 5.73 Å². The van der Waals surface area contributed by atoms with Crippen LogP contribution in [0.4, 0.5) is 0 Å². The zero-order chi connectivity index (χ0) is 10.7. The molecule has 0 saturated heterocycles. The van der Waals surface area contributed by atoms with Gasteiger partial charge in [-0.2, -0.15) is 9.94 Å². The molecule has 0 radical (unpaired) electrons. The third-order valence-electron chi connectivity index (χ3n) is 1.75. The van der Waals surface area contributed by atoms with Gasteiger partial charge in [-0.1, -0.05) is 0 Å². The van der Waals surface area contributed by atoms with E-state index in [0.717, 1.165) is 0 Å². The topological polar surface area (TPSA) is 106 Å². The molecule has 0 fully saturated rings. The number of nitriles is 1. The molecule has 0 unspecified atom stereocenters. The second-order valence-electron chi connectivity index (χ2n) is 2.66. The summed E-state index contributed by atoms with van der Waals surface area (Å²) in [5, 5.41) is 12.5. The molecular weight excluding hydrogens is 194 g/mol. The number of aromatic nitrogens is 5. The van der Waals surface area contributed by atoms with Gasteiger partial charge in [0.15, 0.2) is 5.82 Å². The van der Waals surface area contributed by atoms with Crippen LogP contribution in [-0.2, 0) is 6.54 Å². The Balaban J connectivity index is 2.49. The Kier molecular flexibility index (Phi) is 2.35. The smallest absolute Gasteiger partial charge is 0.252 e. The lowest BCUT2D eigenvalue weighted by molar-refractivity contribution is 0.798. The molecule has 15 heavy (non-hydrogen) atoms. The van der Waals surface area contributed by atoms with E-state index in [1.807, 2.05) is 6.07 Å². The molecule has 0 aliphatic carbocycles. The molecule has 0 spiro atoms. The molecule has 7 nitrogen and oxygen atoms in total. The minimum absolute atomic E-state index is 0.0867. The number of hydrogen-bond acceptors (Lipinski definition) is 6. The highest BCUT2D eigenvalue weighted by Gasteiger charge is 2.07. The molecule has 0 aromatic carbocycles. The molecule has 2 rings (SSSR count). The van der Waals surface area contributed by atoms with Crippen LogP contribution in [0.1, 0.15) is 11.5 Å². The van der Waals surface area contributed by atoms with Gasteiger partial charge in [0.2, 0.25) is 0 Å². The number of nitrogens with two attached hydrogens (primary N) is 1. The molecule has 2 N–H and O–H groups in total. The molecule has 2 heterocycles. The van der Waals surface area contributed by atoms with Crippen molar-refractivity contribution in [1.29, 1.82) is 5.26 Å². The van der Waals surface area contributed by atoms with Crippen LogP contribution >= 0.6 is 0 Å². The van der Waals surface area contributed by atoms with Gasteiger partial charge in [0.1, 0.15) is 12.4 Å². The second-order valence-corrected chi connectivity index (χ2v) is 2.66.